The molecule has 26 heavy (non-hydrogen) atoms. The molecule has 4 rings (SSSR count). The summed E-state index contributed by atoms with van der Waals surface area (Å²) in [5.74, 6) is 1.07. The van der Waals surface area contributed by atoms with E-state index in [4.69, 9.17) is 11.6 Å². The van der Waals surface area contributed by atoms with Crippen LogP contribution < -0.4 is 10.6 Å². The zero-order chi connectivity index (χ0) is 18.3. The maximum absolute atomic E-state index is 12.4. The third-order valence-corrected chi connectivity index (χ3v) is 4.52. The lowest BCUT2D eigenvalue weighted by molar-refractivity contribution is -0.124. The van der Waals surface area contributed by atoms with Crippen LogP contribution in [-0.2, 0) is 4.79 Å². The number of rotatable bonds is 5. The monoisotopic (exact) mass is 376 g/mol. The van der Waals surface area contributed by atoms with E-state index >= 15 is 0 Å². The molecule has 0 saturated heterocycles. The largest absolute Gasteiger partial charge is 0.356 e. The molecule has 0 aromatic carbocycles. The molecule has 8 heteroatoms. The lowest BCUT2D eigenvalue weighted by Crippen LogP contribution is -2.48. The Morgan fingerprint density at radius 3 is 2.96 bits per heavy atom. The number of aromatic amines is 1. The summed E-state index contributed by atoms with van der Waals surface area (Å²) in [6.07, 6.45) is 7.16. The molecule has 3 aromatic heterocycles. The number of anilines is 1. The second-order valence-corrected chi connectivity index (χ2v) is 7.45. The van der Waals surface area contributed by atoms with E-state index in [2.05, 4.69) is 30.6 Å². The highest BCUT2D eigenvalue weighted by Crippen LogP contribution is 2.28. The maximum Gasteiger partial charge on any atom is 0.245 e. The van der Waals surface area contributed by atoms with Gasteiger partial charge in [-0.3, -0.25) is 4.79 Å². The highest BCUT2D eigenvalue weighted by Gasteiger charge is 2.33. The van der Waals surface area contributed by atoms with Gasteiger partial charge >= 0.3 is 0 Å². The minimum Gasteiger partial charge on any atom is -0.356 e. The van der Waals surface area contributed by atoms with Crippen molar-refractivity contribution in [3.8, 4) is 11.4 Å². The molecule has 0 radical (unpaired) electrons. The summed E-state index contributed by atoms with van der Waals surface area (Å²) in [6, 6.07) is 3.88. The number of fused-ring (bicyclic) bond motifs is 1. The van der Waals surface area contributed by atoms with Crippen molar-refractivity contribution in [2.45, 2.75) is 38.3 Å². The van der Waals surface area contributed by atoms with Gasteiger partial charge in [0, 0.05) is 39.9 Å². The molecule has 0 spiro atoms. The molecule has 1 saturated carbocycles. The lowest BCUT2D eigenvalue weighted by Gasteiger charge is -2.25. The van der Waals surface area contributed by atoms with E-state index in [1.165, 1.54) is 0 Å². The van der Waals surface area contributed by atoms with E-state index in [0.29, 0.717) is 22.7 Å². The molecule has 1 fully saturated rings. The van der Waals surface area contributed by atoms with Gasteiger partial charge in [-0.2, -0.15) is 0 Å². The van der Waals surface area contributed by atoms with Crippen LogP contribution in [0.5, 0.6) is 0 Å². The zero-order valence-electron chi connectivity index (χ0n) is 14.5. The lowest BCUT2D eigenvalue weighted by atomic mass is 10.0. The van der Waals surface area contributed by atoms with Crippen molar-refractivity contribution in [1.29, 1.82) is 0 Å². The number of nitrogens with zero attached hydrogens (tertiary/aromatic N) is 3. The summed E-state index contributed by atoms with van der Waals surface area (Å²) in [5.41, 5.74) is 0.744. The second-order valence-electron chi connectivity index (χ2n) is 7.02. The van der Waals surface area contributed by atoms with Gasteiger partial charge in [-0.15, -0.1) is 0 Å². The Bertz CT molecular complexity index is 993. The van der Waals surface area contributed by atoms with Crippen molar-refractivity contribution in [3.63, 3.8) is 0 Å². The third kappa shape index (κ3) is 3.35. The number of halogens is 1. The molecule has 1 aliphatic rings. The van der Waals surface area contributed by atoms with Gasteiger partial charge in [0.25, 0.3) is 0 Å². The molecular weight excluding hydrogens is 352 g/mol. The van der Waals surface area contributed by atoms with Crippen LogP contribution in [0.2, 0.25) is 5.02 Å². The molecule has 1 amide bonds. The normalized spacial score (nSPS) is 14.4. The standard InChI is InChI=1S/C18H19ClN6O.3H2/c1-18(2,17(26)23-11-3-4-11)25-14-5-6-20-16(24-14)13-9-22-15-12(13)7-10(19)8-21-15;;;/h5-9,11H,3-4H2,1-2H3,(H,21,22)(H,23,26)(H,20,24,25);3*1H. The highest BCUT2D eigenvalue weighted by molar-refractivity contribution is 6.31. The third-order valence-electron chi connectivity index (χ3n) is 4.31. The smallest absolute Gasteiger partial charge is 0.245 e. The van der Waals surface area contributed by atoms with Gasteiger partial charge in [-0.1, -0.05) is 11.6 Å². The number of nitrogens with one attached hydrogen (secondary N) is 3. The molecule has 0 unspecified atom stereocenters. The van der Waals surface area contributed by atoms with Gasteiger partial charge in [0.1, 0.15) is 17.0 Å². The summed E-state index contributed by atoms with van der Waals surface area (Å²) in [6.45, 7) is 3.67. The van der Waals surface area contributed by atoms with Gasteiger partial charge in [0.2, 0.25) is 5.91 Å². The SMILES string of the molecule is CC(C)(Nc1ccnc(-c2c[nH]c3ncc(Cl)cc23)n1)C(=O)NC1CC1.[HH].[HH].[HH]. The van der Waals surface area contributed by atoms with Gasteiger partial charge < -0.3 is 15.6 Å². The van der Waals surface area contributed by atoms with Gasteiger partial charge in [0.15, 0.2) is 5.82 Å². The number of hydrogen-bond acceptors (Lipinski definition) is 5. The van der Waals surface area contributed by atoms with Crippen LogP contribution >= 0.6 is 11.6 Å². The number of aromatic nitrogens is 4. The fraction of sp³-hybridized carbons (Fsp3) is 0.333. The Kier molecular flexibility index (Phi) is 4.03. The van der Waals surface area contributed by atoms with Crippen molar-refractivity contribution in [3.05, 3.63) is 35.7 Å². The van der Waals surface area contributed by atoms with E-state index in [9.17, 15) is 4.79 Å². The quantitative estimate of drug-likeness (QED) is 0.628. The number of amides is 1. The highest BCUT2D eigenvalue weighted by atomic mass is 35.5. The van der Waals surface area contributed by atoms with Crippen molar-refractivity contribution in [2.24, 2.45) is 0 Å². The van der Waals surface area contributed by atoms with E-state index in [1.54, 1.807) is 24.7 Å². The molecule has 0 atom stereocenters. The summed E-state index contributed by atoms with van der Waals surface area (Å²) >= 11 is 6.06. The van der Waals surface area contributed by atoms with Gasteiger partial charge in [-0.05, 0) is 38.8 Å². The predicted octanol–water partition coefficient (Wildman–Crippen LogP) is 3.88. The fourth-order valence-electron chi connectivity index (χ4n) is 2.69. The number of hydrogen-bond donors (Lipinski definition) is 3. The molecule has 3 heterocycles. The summed E-state index contributed by atoms with van der Waals surface area (Å²) < 4.78 is 0. The topological polar surface area (TPSA) is 95.6 Å². The number of carbonyl (C=O) groups is 1. The van der Waals surface area contributed by atoms with E-state index < -0.39 is 5.54 Å². The van der Waals surface area contributed by atoms with Crippen LogP contribution in [0.25, 0.3) is 22.4 Å². The first-order valence-corrected chi connectivity index (χ1v) is 8.85. The van der Waals surface area contributed by atoms with Crippen molar-refractivity contribution >= 4 is 34.4 Å². The van der Waals surface area contributed by atoms with Crippen LogP contribution in [0.1, 0.15) is 31.0 Å². The molecule has 0 aliphatic heterocycles. The van der Waals surface area contributed by atoms with Crippen molar-refractivity contribution < 1.29 is 9.07 Å². The van der Waals surface area contributed by atoms with Crippen LogP contribution in [0.3, 0.4) is 0 Å². The average molecular weight is 377 g/mol. The van der Waals surface area contributed by atoms with Crippen LogP contribution in [-0.4, -0.2) is 37.4 Å². The van der Waals surface area contributed by atoms with Crippen molar-refractivity contribution in [1.82, 2.24) is 25.3 Å². The minimum atomic E-state index is -0.778. The first kappa shape index (κ1) is 16.8. The van der Waals surface area contributed by atoms with Crippen LogP contribution in [0.4, 0.5) is 5.82 Å². The molecule has 140 valence electrons. The van der Waals surface area contributed by atoms with Gasteiger partial charge in [-0.25, -0.2) is 15.0 Å². The molecule has 0 bridgehead atoms. The Balaban J connectivity index is 0.00000140. The van der Waals surface area contributed by atoms with Crippen LogP contribution in [0, 0.1) is 0 Å². The number of carbonyl (C=O) groups excluding carboxylic acids is 1. The average Bonchev–Trinajstić information content (AvgIpc) is 3.31. The molecular formula is C18H25ClN6O. The summed E-state index contributed by atoms with van der Waals surface area (Å²) in [5, 5.41) is 7.61. The minimum absolute atomic E-state index is 0. The summed E-state index contributed by atoms with van der Waals surface area (Å²) in [7, 11) is 0. The molecule has 7 nitrogen and oxygen atoms in total. The zero-order valence-corrected chi connectivity index (χ0v) is 15.3. The van der Waals surface area contributed by atoms with E-state index in [0.717, 1.165) is 29.4 Å². The van der Waals surface area contributed by atoms with Gasteiger partial charge in [0.05, 0.1) is 5.02 Å². The molecule has 3 N–H and O–H groups in total. The predicted molar refractivity (Wildman–Crippen MR) is 107 cm³/mol. The second kappa shape index (κ2) is 6.25. The van der Waals surface area contributed by atoms with Crippen LogP contribution in [0.15, 0.2) is 30.7 Å². The number of pyridine rings is 1. The Labute approximate surface area is 160 Å². The molecule has 3 aromatic rings. The first-order chi connectivity index (χ1) is 12.4. The Morgan fingerprint density at radius 1 is 1.38 bits per heavy atom. The fourth-order valence-corrected chi connectivity index (χ4v) is 2.85. The number of H-pyrrole nitrogens is 1. The van der Waals surface area contributed by atoms with E-state index in [1.807, 2.05) is 19.9 Å². The first-order valence-electron chi connectivity index (χ1n) is 8.47. The Morgan fingerprint density at radius 2 is 2.19 bits per heavy atom. The van der Waals surface area contributed by atoms with Crippen molar-refractivity contribution in [2.75, 3.05) is 5.32 Å². The Hall–Kier alpha value is -2.67. The molecule has 1 aliphatic carbocycles. The summed E-state index contributed by atoms with van der Waals surface area (Å²) in [4.78, 5) is 28.7. The maximum atomic E-state index is 12.4. The van der Waals surface area contributed by atoms with E-state index in [-0.39, 0.29) is 10.2 Å².